The molecular weight excluding hydrogens is 424 g/mol. The number of fused-ring (bicyclic) bond motifs is 5. The van der Waals surface area contributed by atoms with Gasteiger partial charge in [-0.3, -0.25) is 0 Å². The Morgan fingerprint density at radius 2 is 1.71 bits per heavy atom. The van der Waals surface area contributed by atoms with E-state index in [1.165, 1.54) is 6.42 Å². The van der Waals surface area contributed by atoms with Crippen LogP contribution in [0.15, 0.2) is 23.8 Å². The van der Waals surface area contributed by atoms with Gasteiger partial charge in [0.05, 0.1) is 24.4 Å². The molecule has 4 heteroatoms. The number of hydrogen-bond donors (Lipinski definition) is 4. The summed E-state index contributed by atoms with van der Waals surface area (Å²) in [6.07, 6.45) is 12.3. The highest BCUT2D eigenvalue weighted by Crippen LogP contribution is 2.74. The molecule has 4 N–H and O–H groups in total. The molecule has 0 aliphatic heterocycles. The minimum atomic E-state index is -0.770. The Labute approximate surface area is 207 Å². The van der Waals surface area contributed by atoms with Gasteiger partial charge < -0.3 is 20.4 Å². The molecule has 4 aliphatic rings. The van der Waals surface area contributed by atoms with E-state index in [0.29, 0.717) is 17.8 Å². The van der Waals surface area contributed by atoms with E-state index in [9.17, 15) is 20.4 Å². The Bertz CT molecular complexity index is 841. The molecule has 0 amide bonds. The normalized spacial score (nSPS) is 49.9. The monoisotopic (exact) mass is 474 g/mol. The van der Waals surface area contributed by atoms with Crippen molar-refractivity contribution in [3.05, 3.63) is 23.8 Å². The fourth-order valence-corrected chi connectivity index (χ4v) is 9.54. The van der Waals surface area contributed by atoms with Crippen LogP contribution in [-0.4, -0.2) is 44.8 Å². The van der Waals surface area contributed by atoms with Crippen LogP contribution in [0.2, 0.25) is 0 Å². The van der Waals surface area contributed by atoms with E-state index in [-0.39, 0.29) is 28.8 Å². The van der Waals surface area contributed by atoms with E-state index in [0.717, 1.165) is 44.1 Å². The predicted octanol–water partition coefficient (Wildman–Crippen LogP) is 5.25. The van der Waals surface area contributed by atoms with Crippen LogP contribution in [0.3, 0.4) is 0 Å². The second-order valence-corrected chi connectivity index (χ2v) is 14.1. The Morgan fingerprint density at radius 3 is 2.32 bits per heavy atom. The smallest absolute Gasteiger partial charge is 0.0771 e. The van der Waals surface area contributed by atoms with E-state index in [2.05, 4.69) is 39.8 Å². The Balaban J connectivity index is 1.67. The van der Waals surface area contributed by atoms with E-state index in [4.69, 9.17) is 0 Å². The van der Waals surface area contributed by atoms with Crippen molar-refractivity contribution >= 4 is 0 Å². The van der Waals surface area contributed by atoms with Gasteiger partial charge in [-0.15, -0.1) is 0 Å². The lowest BCUT2D eigenvalue weighted by Gasteiger charge is -2.67. The maximum absolute atomic E-state index is 11.7. The van der Waals surface area contributed by atoms with Gasteiger partial charge in [-0.1, -0.05) is 58.4 Å². The fourth-order valence-electron chi connectivity index (χ4n) is 9.54. The van der Waals surface area contributed by atoms with E-state index < -0.39 is 23.2 Å². The van der Waals surface area contributed by atoms with Crippen molar-refractivity contribution in [3.63, 3.8) is 0 Å². The number of aliphatic hydroxyl groups is 4. The molecule has 3 fully saturated rings. The number of aliphatic hydroxyl groups excluding tert-OH is 3. The molecule has 0 spiro atoms. The van der Waals surface area contributed by atoms with Gasteiger partial charge in [0.25, 0.3) is 0 Å². The minimum Gasteiger partial charge on any atom is -0.395 e. The average Bonchev–Trinajstić information content (AvgIpc) is 3.01. The SMILES string of the molecule is C[C@H](C/C=C/C(C)(C)O)[C@H]1CC[C@@]2(C)[C@@H]3[C@@H](O)C=C4[C@@H](CC[C@H](O)[C@]4(C)CO)[C@]3(C)CC[C@]12C. The summed E-state index contributed by atoms with van der Waals surface area (Å²) >= 11 is 0. The van der Waals surface area contributed by atoms with Crippen LogP contribution < -0.4 is 0 Å². The molecule has 0 radical (unpaired) electrons. The molecule has 0 unspecified atom stereocenters. The second kappa shape index (κ2) is 8.43. The number of allylic oxidation sites excluding steroid dienone is 1. The standard InChI is InChI=1S/C30H50O4/c1-19(9-8-13-26(2,3)34)20-12-14-30(7)25-23(32)17-22-21(10-11-24(33)28(22,5)18-31)27(25,4)15-16-29(20,30)6/h8,13,17,19-21,23-25,31-34H,9-12,14-16,18H2,1-7H3/b13-8+/t19-,20-,21-,23+,24+,25-,27+,28-,29-,30+/m1/s1. The minimum absolute atomic E-state index is 0.0206. The molecule has 4 nitrogen and oxygen atoms in total. The first-order chi connectivity index (χ1) is 15.6. The predicted molar refractivity (Wildman–Crippen MR) is 137 cm³/mol. The summed E-state index contributed by atoms with van der Waals surface area (Å²) in [7, 11) is 0. The van der Waals surface area contributed by atoms with Crippen molar-refractivity contribution in [2.24, 2.45) is 45.3 Å². The van der Waals surface area contributed by atoms with Gasteiger partial charge in [-0.25, -0.2) is 0 Å². The van der Waals surface area contributed by atoms with Crippen LogP contribution >= 0.6 is 0 Å². The van der Waals surface area contributed by atoms with Gasteiger partial charge in [-0.05, 0) is 92.8 Å². The van der Waals surface area contributed by atoms with Gasteiger partial charge in [-0.2, -0.15) is 0 Å². The highest BCUT2D eigenvalue weighted by Gasteiger charge is 2.69. The molecule has 0 bridgehead atoms. The summed E-state index contributed by atoms with van der Waals surface area (Å²) in [6.45, 7) is 15.3. The van der Waals surface area contributed by atoms with Gasteiger partial charge in [0.15, 0.2) is 0 Å². The molecule has 0 aromatic rings. The van der Waals surface area contributed by atoms with Crippen molar-refractivity contribution < 1.29 is 20.4 Å². The lowest BCUT2D eigenvalue weighted by molar-refractivity contribution is -0.179. The molecule has 10 atom stereocenters. The van der Waals surface area contributed by atoms with Crippen LogP contribution in [0.1, 0.15) is 93.4 Å². The van der Waals surface area contributed by atoms with Gasteiger partial charge in [0.1, 0.15) is 0 Å². The molecule has 0 aromatic carbocycles. The molecule has 3 saturated carbocycles. The molecular formula is C30H50O4. The zero-order valence-electron chi connectivity index (χ0n) is 22.6. The van der Waals surface area contributed by atoms with Crippen LogP contribution in [0, 0.1) is 45.3 Å². The Morgan fingerprint density at radius 1 is 1.03 bits per heavy atom. The van der Waals surface area contributed by atoms with Crippen LogP contribution in [0.25, 0.3) is 0 Å². The lowest BCUT2D eigenvalue weighted by atomic mass is 9.38. The van der Waals surface area contributed by atoms with Crippen LogP contribution in [-0.2, 0) is 0 Å². The topological polar surface area (TPSA) is 80.9 Å². The molecule has 0 heterocycles. The molecule has 4 aliphatic carbocycles. The Hall–Kier alpha value is -0.680. The largest absolute Gasteiger partial charge is 0.395 e. The molecule has 4 rings (SSSR count). The van der Waals surface area contributed by atoms with Crippen molar-refractivity contribution in [3.8, 4) is 0 Å². The Kier molecular flexibility index (Phi) is 6.54. The first-order valence-electron chi connectivity index (χ1n) is 13.7. The van der Waals surface area contributed by atoms with Crippen molar-refractivity contribution in [2.75, 3.05) is 6.61 Å². The molecule has 0 aromatic heterocycles. The first kappa shape index (κ1) is 26.4. The van der Waals surface area contributed by atoms with Crippen LogP contribution in [0.5, 0.6) is 0 Å². The van der Waals surface area contributed by atoms with Gasteiger partial charge in [0, 0.05) is 11.3 Å². The summed E-state index contributed by atoms with van der Waals surface area (Å²) in [5, 5.41) is 42.9. The fraction of sp³-hybridized carbons (Fsp3) is 0.867. The summed E-state index contributed by atoms with van der Waals surface area (Å²) in [5.41, 5.74) is -0.127. The van der Waals surface area contributed by atoms with Crippen molar-refractivity contribution in [2.45, 2.75) is 111 Å². The number of hydrogen-bond acceptors (Lipinski definition) is 4. The van der Waals surface area contributed by atoms with Gasteiger partial charge >= 0.3 is 0 Å². The first-order valence-corrected chi connectivity index (χ1v) is 13.7. The highest BCUT2D eigenvalue weighted by molar-refractivity contribution is 5.33. The maximum Gasteiger partial charge on any atom is 0.0771 e. The maximum atomic E-state index is 11.7. The van der Waals surface area contributed by atoms with E-state index in [1.807, 2.05) is 26.8 Å². The molecule has 34 heavy (non-hydrogen) atoms. The summed E-state index contributed by atoms with van der Waals surface area (Å²) in [5.74, 6) is 1.63. The zero-order valence-corrected chi connectivity index (χ0v) is 22.6. The average molecular weight is 475 g/mol. The number of rotatable bonds is 5. The summed E-state index contributed by atoms with van der Waals surface area (Å²) in [4.78, 5) is 0. The summed E-state index contributed by atoms with van der Waals surface area (Å²) in [6, 6.07) is 0. The van der Waals surface area contributed by atoms with E-state index in [1.54, 1.807) is 0 Å². The third-order valence-electron chi connectivity index (χ3n) is 11.7. The lowest BCUT2D eigenvalue weighted by Crippen LogP contribution is -2.63. The second-order valence-electron chi connectivity index (χ2n) is 14.1. The van der Waals surface area contributed by atoms with Crippen LogP contribution in [0.4, 0.5) is 0 Å². The third kappa shape index (κ3) is 3.69. The van der Waals surface area contributed by atoms with Crippen molar-refractivity contribution in [1.82, 2.24) is 0 Å². The molecule has 0 saturated heterocycles. The van der Waals surface area contributed by atoms with E-state index >= 15 is 0 Å². The van der Waals surface area contributed by atoms with Gasteiger partial charge in [0.2, 0.25) is 0 Å². The molecule has 194 valence electrons. The quantitative estimate of drug-likeness (QED) is 0.410. The van der Waals surface area contributed by atoms with Crippen molar-refractivity contribution in [1.29, 1.82) is 0 Å². The summed E-state index contributed by atoms with van der Waals surface area (Å²) < 4.78 is 0. The zero-order chi connectivity index (χ0) is 25.3. The third-order valence-corrected chi connectivity index (χ3v) is 11.7. The highest BCUT2D eigenvalue weighted by atomic mass is 16.3.